The van der Waals surface area contributed by atoms with E-state index in [0.29, 0.717) is 0 Å². The highest BCUT2D eigenvalue weighted by atomic mass is 15.3. The third kappa shape index (κ3) is 2.28. The molecule has 6 heteroatoms. The van der Waals surface area contributed by atoms with Crippen molar-refractivity contribution >= 4 is 0 Å². The first-order chi connectivity index (χ1) is 8.50. The van der Waals surface area contributed by atoms with Crippen molar-refractivity contribution in [2.75, 3.05) is 0 Å². The Labute approximate surface area is 107 Å². The Balaban J connectivity index is 2.15. The molecule has 0 radical (unpaired) electrons. The number of aromatic amines is 1. The number of H-pyrrole nitrogens is 1. The SMILES string of the molecule is Cc1nn(C)c(C)c1C(C)NC(C)c1ncn[nH]1. The fraction of sp³-hybridized carbons (Fsp3) is 0.583. The normalized spacial score (nSPS) is 14.7. The van der Waals surface area contributed by atoms with Crippen molar-refractivity contribution in [3.05, 3.63) is 29.1 Å². The predicted molar refractivity (Wildman–Crippen MR) is 69.0 cm³/mol. The van der Waals surface area contributed by atoms with Crippen LogP contribution in [0.2, 0.25) is 0 Å². The molecule has 0 bridgehead atoms. The molecule has 2 atom stereocenters. The molecule has 0 amide bonds. The summed E-state index contributed by atoms with van der Waals surface area (Å²) in [6, 6.07) is 0.348. The smallest absolute Gasteiger partial charge is 0.141 e. The van der Waals surface area contributed by atoms with Crippen molar-refractivity contribution in [3.63, 3.8) is 0 Å². The van der Waals surface area contributed by atoms with Gasteiger partial charge in [-0.15, -0.1) is 0 Å². The third-order valence-electron chi connectivity index (χ3n) is 3.34. The van der Waals surface area contributed by atoms with Gasteiger partial charge in [-0.05, 0) is 27.7 Å². The van der Waals surface area contributed by atoms with E-state index >= 15 is 0 Å². The Bertz CT molecular complexity index is 513. The third-order valence-corrected chi connectivity index (χ3v) is 3.34. The zero-order chi connectivity index (χ0) is 13.3. The molecule has 2 aromatic rings. The van der Waals surface area contributed by atoms with Crippen LogP contribution in [-0.4, -0.2) is 25.0 Å². The lowest BCUT2D eigenvalue weighted by atomic mass is 10.1. The van der Waals surface area contributed by atoms with Gasteiger partial charge in [0.1, 0.15) is 12.2 Å². The Kier molecular flexibility index (Phi) is 3.47. The molecule has 0 aliphatic carbocycles. The highest BCUT2D eigenvalue weighted by Gasteiger charge is 2.19. The molecule has 6 nitrogen and oxygen atoms in total. The summed E-state index contributed by atoms with van der Waals surface area (Å²) >= 11 is 0. The van der Waals surface area contributed by atoms with Crippen molar-refractivity contribution in [1.29, 1.82) is 0 Å². The summed E-state index contributed by atoms with van der Waals surface area (Å²) in [7, 11) is 1.97. The summed E-state index contributed by atoms with van der Waals surface area (Å²) in [5.74, 6) is 0.848. The zero-order valence-corrected chi connectivity index (χ0v) is 11.5. The van der Waals surface area contributed by atoms with Crippen molar-refractivity contribution in [2.24, 2.45) is 7.05 Å². The van der Waals surface area contributed by atoms with Gasteiger partial charge in [-0.25, -0.2) is 4.98 Å². The molecule has 2 rings (SSSR count). The lowest BCUT2D eigenvalue weighted by molar-refractivity contribution is 0.474. The van der Waals surface area contributed by atoms with Crippen LogP contribution in [0, 0.1) is 13.8 Å². The highest BCUT2D eigenvalue weighted by Crippen LogP contribution is 2.23. The van der Waals surface area contributed by atoms with Crippen LogP contribution in [0.4, 0.5) is 0 Å². The van der Waals surface area contributed by atoms with Crippen LogP contribution >= 0.6 is 0 Å². The molecule has 18 heavy (non-hydrogen) atoms. The van der Waals surface area contributed by atoms with Crippen LogP contribution in [0.3, 0.4) is 0 Å². The average molecular weight is 248 g/mol. The van der Waals surface area contributed by atoms with Crippen LogP contribution in [0.15, 0.2) is 6.33 Å². The number of rotatable bonds is 4. The Hall–Kier alpha value is -1.69. The summed E-state index contributed by atoms with van der Waals surface area (Å²) in [6.45, 7) is 8.34. The Morgan fingerprint density at radius 1 is 1.28 bits per heavy atom. The highest BCUT2D eigenvalue weighted by molar-refractivity contribution is 5.27. The van der Waals surface area contributed by atoms with Gasteiger partial charge in [0.05, 0.1) is 11.7 Å². The van der Waals surface area contributed by atoms with E-state index < -0.39 is 0 Å². The first-order valence-electron chi connectivity index (χ1n) is 6.12. The van der Waals surface area contributed by atoms with E-state index in [1.54, 1.807) is 0 Å². The van der Waals surface area contributed by atoms with Gasteiger partial charge < -0.3 is 5.32 Å². The summed E-state index contributed by atoms with van der Waals surface area (Å²) in [5.41, 5.74) is 3.51. The molecule has 0 saturated heterocycles. The molecule has 2 heterocycles. The van der Waals surface area contributed by atoms with Crippen LogP contribution in [-0.2, 0) is 7.05 Å². The average Bonchev–Trinajstić information content (AvgIpc) is 2.88. The quantitative estimate of drug-likeness (QED) is 0.861. The van der Waals surface area contributed by atoms with Crippen molar-refractivity contribution in [2.45, 2.75) is 39.8 Å². The molecule has 98 valence electrons. The van der Waals surface area contributed by atoms with Gasteiger partial charge in [-0.1, -0.05) is 0 Å². The number of hydrogen-bond donors (Lipinski definition) is 2. The van der Waals surface area contributed by atoms with Crippen molar-refractivity contribution < 1.29 is 0 Å². The summed E-state index contributed by atoms with van der Waals surface area (Å²) in [4.78, 5) is 4.16. The van der Waals surface area contributed by atoms with E-state index in [2.05, 4.69) is 46.4 Å². The summed E-state index contributed by atoms with van der Waals surface area (Å²) in [5, 5.41) is 14.7. The number of nitrogens with one attached hydrogen (secondary N) is 2. The maximum absolute atomic E-state index is 4.44. The Morgan fingerprint density at radius 3 is 2.50 bits per heavy atom. The monoisotopic (exact) mass is 248 g/mol. The van der Waals surface area contributed by atoms with E-state index in [0.717, 1.165) is 11.5 Å². The number of nitrogens with zero attached hydrogens (tertiary/aromatic N) is 4. The Morgan fingerprint density at radius 2 is 2.00 bits per heavy atom. The molecule has 0 spiro atoms. The van der Waals surface area contributed by atoms with Crippen molar-refractivity contribution in [3.8, 4) is 0 Å². The molecular weight excluding hydrogens is 228 g/mol. The summed E-state index contributed by atoms with van der Waals surface area (Å²) < 4.78 is 1.92. The molecule has 2 unspecified atom stereocenters. The standard InChI is InChI=1S/C12H20N6/c1-7(11-8(2)17-18(5)10(11)4)15-9(3)12-13-6-14-16-12/h6-7,9,15H,1-5H3,(H,13,14,16). The second kappa shape index (κ2) is 4.89. The fourth-order valence-electron chi connectivity index (χ4n) is 2.38. The van der Waals surface area contributed by atoms with Gasteiger partial charge >= 0.3 is 0 Å². The minimum absolute atomic E-state index is 0.126. The molecule has 2 aromatic heterocycles. The van der Waals surface area contributed by atoms with Gasteiger partial charge in [-0.2, -0.15) is 10.2 Å². The van der Waals surface area contributed by atoms with Gasteiger partial charge in [0.15, 0.2) is 0 Å². The molecule has 2 N–H and O–H groups in total. The molecule has 0 saturated carbocycles. The number of aromatic nitrogens is 5. The van der Waals surface area contributed by atoms with Crippen molar-refractivity contribution in [1.82, 2.24) is 30.3 Å². The van der Waals surface area contributed by atoms with Gasteiger partial charge in [0.2, 0.25) is 0 Å². The van der Waals surface area contributed by atoms with Crippen LogP contribution in [0.5, 0.6) is 0 Å². The lowest BCUT2D eigenvalue weighted by Crippen LogP contribution is -2.24. The van der Waals surface area contributed by atoms with Gasteiger partial charge in [0, 0.05) is 24.3 Å². The first-order valence-corrected chi connectivity index (χ1v) is 6.12. The molecular formula is C12H20N6. The number of hydrogen-bond acceptors (Lipinski definition) is 4. The van der Waals surface area contributed by atoms with E-state index in [1.807, 2.05) is 18.7 Å². The topological polar surface area (TPSA) is 71.4 Å². The van der Waals surface area contributed by atoms with Gasteiger partial charge in [0.25, 0.3) is 0 Å². The minimum atomic E-state index is 0.126. The van der Waals surface area contributed by atoms with E-state index in [1.165, 1.54) is 17.6 Å². The molecule has 0 aliphatic rings. The van der Waals surface area contributed by atoms with Crippen LogP contribution in [0.25, 0.3) is 0 Å². The summed E-state index contributed by atoms with van der Waals surface area (Å²) in [6.07, 6.45) is 1.53. The number of aryl methyl sites for hydroxylation is 2. The van der Waals surface area contributed by atoms with Gasteiger partial charge in [-0.3, -0.25) is 9.78 Å². The second-order valence-corrected chi connectivity index (χ2v) is 4.69. The lowest BCUT2D eigenvalue weighted by Gasteiger charge is -2.19. The molecule has 0 fully saturated rings. The molecule has 0 aromatic carbocycles. The minimum Gasteiger partial charge on any atom is -0.301 e. The second-order valence-electron chi connectivity index (χ2n) is 4.69. The zero-order valence-electron chi connectivity index (χ0n) is 11.5. The van der Waals surface area contributed by atoms with E-state index in [4.69, 9.17) is 0 Å². The van der Waals surface area contributed by atoms with E-state index in [-0.39, 0.29) is 12.1 Å². The first kappa shape index (κ1) is 12.8. The molecule has 0 aliphatic heterocycles. The maximum Gasteiger partial charge on any atom is 0.141 e. The van der Waals surface area contributed by atoms with Crippen LogP contribution < -0.4 is 5.32 Å². The fourth-order valence-corrected chi connectivity index (χ4v) is 2.38. The largest absolute Gasteiger partial charge is 0.301 e. The maximum atomic E-state index is 4.44. The van der Waals surface area contributed by atoms with Crippen LogP contribution in [0.1, 0.15) is 48.7 Å². The predicted octanol–water partition coefficient (Wildman–Crippen LogP) is 1.57. The van der Waals surface area contributed by atoms with E-state index in [9.17, 15) is 0 Å².